The average molecular weight is 451 g/mol. The quantitative estimate of drug-likeness (QED) is 0.580. The average Bonchev–Trinajstić information content (AvgIpc) is 3.52. The Balaban J connectivity index is 1.61. The fourth-order valence-corrected chi connectivity index (χ4v) is 6.41. The summed E-state index contributed by atoms with van der Waals surface area (Å²) in [6.07, 6.45) is 0. The number of thioether (sulfide) groups is 1. The van der Waals surface area contributed by atoms with Gasteiger partial charge >= 0.3 is 0 Å². The molecule has 1 fully saturated rings. The maximum Gasteiger partial charge on any atom is 0.268 e. The summed E-state index contributed by atoms with van der Waals surface area (Å²) in [5, 5.41) is 1.89. The lowest BCUT2D eigenvalue weighted by molar-refractivity contribution is -0.123. The van der Waals surface area contributed by atoms with Gasteiger partial charge in [-0.15, -0.1) is 23.1 Å². The lowest BCUT2D eigenvalue weighted by Gasteiger charge is -2.33. The SMILES string of the molecule is COc1ccc2c(c1)[C@]1(SCCN1C(=O)c1cccs1)C(=O)N2Cc1ccc(C)cc1. The van der Waals surface area contributed by atoms with Crippen LogP contribution in [-0.4, -0.2) is 36.1 Å². The number of benzene rings is 2. The predicted molar refractivity (Wildman–Crippen MR) is 125 cm³/mol. The van der Waals surface area contributed by atoms with Crippen LogP contribution in [0, 0.1) is 6.92 Å². The first-order valence-corrected chi connectivity index (χ1v) is 12.0. The van der Waals surface area contributed by atoms with E-state index in [1.54, 1.807) is 12.0 Å². The lowest BCUT2D eigenvalue weighted by Crippen LogP contribution is -2.50. The fraction of sp³-hybridized carbons (Fsp3) is 0.250. The minimum Gasteiger partial charge on any atom is -0.497 e. The molecule has 0 saturated carbocycles. The first-order chi connectivity index (χ1) is 15.0. The number of amides is 2. The molecule has 3 heterocycles. The molecular formula is C24H22N2O3S2. The van der Waals surface area contributed by atoms with Crippen LogP contribution in [0.25, 0.3) is 0 Å². The van der Waals surface area contributed by atoms with Crippen LogP contribution in [0.4, 0.5) is 5.69 Å². The van der Waals surface area contributed by atoms with E-state index in [1.807, 2.05) is 59.7 Å². The molecule has 1 atom stereocenters. The van der Waals surface area contributed by atoms with E-state index < -0.39 is 4.87 Å². The topological polar surface area (TPSA) is 49.9 Å². The Morgan fingerprint density at radius 3 is 2.68 bits per heavy atom. The minimum absolute atomic E-state index is 0.0660. The van der Waals surface area contributed by atoms with E-state index in [9.17, 15) is 9.59 Å². The molecule has 0 aliphatic carbocycles. The van der Waals surface area contributed by atoms with Crippen molar-refractivity contribution in [3.63, 3.8) is 0 Å². The fourth-order valence-electron chi connectivity index (χ4n) is 4.29. The highest BCUT2D eigenvalue weighted by atomic mass is 32.2. The Kier molecular flexibility index (Phi) is 5.02. The number of rotatable bonds is 4. The van der Waals surface area contributed by atoms with E-state index in [0.29, 0.717) is 29.5 Å². The molecule has 2 aromatic carbocycles. The molecule has 0 bridgehead atoms. The molecule has 0 unspecified atom stereocenters. The van der Waals surface area contributed by atoms with E-state index in [4.69, 9.17) is 4.74 Å². The van der Waals surface area contributed by atoms with Gasteiger partial charge in [0.25, 0.3) is 11.8 Å². The van der Waals surface area contributed by atoms with E-state index in [-0.39, 0.29) is 11.8 Å². The van der Waals surface area contributed by atoms with Crippen LogP contribution in [0.5, 0.6) is 5.75 Å². The van der Waals surface area contributed by atoms with E-state index in [0.717, 1.165) is 16.8 Å². The zero-order chi connectivity index (χ0) is 21.6. The van der Waals surface area contributed by atoms with Crippen molar-refractivity contribution in [2.45, 2.75) is 18.3 Å². The molecule has 0 radical (unpaired) electrons. The Morgan fingerprint density at radius 2 is 1.97 bits per heavy atom. The van der Waals surface area contributed by atoms with Crippen LogP contribution in [-0.2, 0) is 16.2 Å². The van der Waals surface area contributed by atoms with Gasteiger partial charge in [0.05, 0.1) is 24.2 Å². The van der Waals surface area contributed by atoms with Crippen LogP contribution < -0.4 is 9.64 Å². The molecule has 2 amide bonds. The van der Waals surface area contributed by atoms with Crippen LogP contribution in [0.1, 0.15) is 26.4 Å². The third-order valence-electron chi connectivity index (χ3n) is 5.84. The maximum absolute atomic E-state index is 14.0. The largest absolute Gasteiger partial charge is 0.497 e. The van der Waals surface area contributed by atoms with Gasteiger partial charge in [0.1, 0.15) is 5.75 Å². The molecule has 1 saturated heterocycles. The van der Waals surface area contributed by atoms with Gasteiger partial charge in [-0.3, -0.25) is 9.59 Å². The summed E-state index contributed by atoms with van der Waals surface area (Å²) < 4.78 is 5.47. The number of carbonyl (C=O) groups is 2. The Morgan fingerprint density at radius 1 is 1.16 bits per heavy atom. The lowest BCUT2D eigenvalue weighted by atomic mass is 10.0. The van der Waals surface area contributed by atoms with Gasteiger partial charge in [-0.1, -0.05) is 35.9 Å². The Labute approximate surface area is 189 Å². The summed E-state index contributed by atoms with van der Waals surface area (Å²) in [7, 11) is 1.62. The van der Waals surface area contributed by atoms with Gasteiger partial charge in [0, 0.05) is 17.9 Å². The highest BCUT2D eigenvalue weighted by molar-refractivity contribution is 8.01. The van der Waals surface area contributed by atoms with Gasteiger partial charge in [-0.05, 0) is 42.1 Å². The number of thiophene rings is 1. The molecular weight excluding hydrogens is 428 g/mol. The van der Waals surface area contributed by atoms with Crippen molar-refractivity contribution in [2.75, 3.05) is 24.3 Å². The number of carbonyl (C=O) groups excluding carboxylic acids is 2. The van der Waals surface area contributed by atoms with Crippen LogP contribution in [0.15, 0.2) is 60.0 Å². The monoisotopic (exact) mass is 450 g/mol. The van der Waals surface area contributed by atoms with Crippen molar-refractivity contribution < 1.29 is 14.3 Å². The molecule has 3 aromatic rings. The number of aryl methyl sites for hydroxylation is 1. The number of hydrogen-bond acceptors (Lipinski definition) is 5. The summed E-state index contributed by atoms with van der Waals surface area (Å²) in [6.45, 7) is 3.04. The summed E-state index contributed by atoms with van der Waals surface area (Å²) in [5.41, 5.74) is 3.90. The van der Waals surface area contributed by atoms with Crippen LogP contribution in [0.3, 0.4) is 0 Å². The van der Waals surface area contributed by atoms with Crippen molar-refractivity contribution >= 4 is 40.6 Å². The molecule has 158 valence electrons. The van der Waals surface area contributed by atoms with Crippen LogP contribution >= 0.6 is 23.1 Å². The Hall–Kier alpha value is -2.77. The van der Waals surface area contributed by atoms with Gasteiger partial charge < -0.3 is 14.5 Å². The second kappa shape index (κ2) is 7.73. The smallest absolute Gasteiger partial charge is 0.268 e. The summed E-state index contributed by atoms with van der Waals surface area (Å²) in [4.78, 5) is 30.6. The third-order valence-corrected chi connectivity index (χ3v) is 8.12. The first-order valence-electron chi connectivity index (χ1n) is 10.1. The van der Waals surface area contributed by atoms with Crippen molar-refractivity contribution in [2.24, 2.45) is 0 Å². The first kappa shape index (κ1) is 20.2. The second-order valence-electron chi connectivity index (χ2n) is 7.69. The van der Waals surface area contributed by atoms with Crippen molar-refractivity contribution in [1.82, 2.24) is 4.90 Å². The summed E-state index contributed by atoms with van der Waals surface area (Å²) in [6, 6.07) is 17.6. The predicted octanol–water partition coefficient (Wildman–Crippen LogP) is 4.65. The van der Waals surface area contributed by atoms with Crippen LogP contribution in [0.2, 0.25) is 0 Å². The number of anilines is 1. The third kappa shape index (κ3) is 3.15. The minimum atomic E-state index is -1.06. The molecule has 2 aliphatic rings. The summed E-state index contributed by atoms with van der Waals surface area (Å²) >= 11 is 2.94. The number of methoxy groups -OCH3 is 1. The standard InChI is InChI=1S/C24H22N2O3S2/c1-16-5-7-17(8-6-16)15-25-20-10-9-18(29-2)14-19(20)24(23(25)28)26(11-13-31-24)22(27)21-4-3-12-30-21/h3-10,12,14H,11,13,15H2,1-2H3/t24-/m0/s1. The normalized spacial score (nSPS) is 19.9. The Bertz CT molecular complexity index is 1140. The zero-order valence-corrected chi connectivity index (χ0v) is 19.0. The van der Waals surface area contributed by atoms with Crippen molar-refractivity contribution in [3.05, 3.63) is 81.5 Å². The highest BCUT2D eigenvalue weighted by Crippen LogP contribution is 2.55. The van der Waals surface area contributed by atoms with Gasteiger partial charge in [-0.2, -0.15) is 0 Å². The van der Waals surface area contributed by atoms with Gasteiger partial charge in [-0.25, -0.2) is 0 Å². The van der Waals surface area contributed by atoms with Crippen molar-refractivity contribution in [1.29, 1.82) is 0 Å². The zero-order valence-electron chi connectivity index (χ0n) is 17.3. The van der Waals surface area contributed by atoms with Gasteiger partial charge in [0.15, 0.2) is 4.87 Å². The van der Waals surface area contributed by atoms with E-state index in [1.165, 1.54) is 28.7 Å². The number of fused-ring (bicyclic) bond motifs is 2. The summed E-state index contributed by atoms with van der Waals surface area (Å²) in [5.74, 6) is 1.22. The molecule has 1 aromatic heterocycles. The number of nitrogens with zero attached hydrogens (tertiary/aromatic N) is 2. The van der Waals surface area contributed by atoms with Gasteiger partial charge in [0.2, 0.25) is 0 Å². The second-order valence-corrected chi connectivity index (χ2v) is 9.92. The molecule has 5 nitrogen and oxygen atoms in total. The molecule has 1 spiro atoms. The number of hydrogen-bond donors (Lipinski definition) is 0. The molecule has 0 N–H and O–H groups in total. The molecule has 31 heavy (non-hydrogen) atoms. The molecule has 5 rings (SSSR count). The van der Waals surface area contributed by atoms with Crippen molar-refractivity contribution in [3.8, 4) is 5.75 Å². The molecule has 7 heteroatoms. The molecule has 2 aliphatic heterocycles. The maximum atomic E-state index is 14.0. The van der Waals surface area contributed by atoms with E-state index in [2.05, 4.69) is 12.1 Å². The number of ether oxygens (including phenoxy) is 1. The van der Waals surface area contributed by atoms with E-state index >= 15 is 0 Å². The highest BCUT2D eigenvalue weighted by Gasteiger charge is 2.59.